The third-order valence-corrected chi connectivity index (χ3v) is 5.99. The first kappa shape index (κ1) is 17.8. The van der Waals surface area contributed by atoms with Crippen molar-refractivity contribution in [1.82, 2.24) is 19.8 Å². The molecule has 4 heterocycles. The van der Waals surface area contributed by atoms with Crippen molar-refractivity contribution in [3.05, 3.63) is 23.8 Å². The minimum atomic E-state index is -0.0725. The standard InChI is InChI=1S/C19H28N4O3/c1-15-13-21-17(14-20-15)18(24)23-5-3-19(4-6-23)12-16(2-9-26-19)22-7-10-25-11-8-22/h13-14,16H,2-12H2,1H3. The highest BCUT2D eigenvalue weighted by atomic mass is 16.5. The van der Waals surface area contributed by atoms with Crippen molar-refractivity contribution in [1.29, 1.82) is 0 Å². The lowest BCUT2D eigenvalue weighted by atomic mass is 9.81. The second-order valence-corrected chi connectivity index (χ2v) is 7.66. The minimum Gasteiger partial charge on any atom is -0.379 e. The number of morpholine rings is 1. The number of rotatable bonds is 2. The molecule has 0 radical (unpaired) electrons. The van der Waals surface area contributed by atoms with Crippen LogP contribution in [0.4, 0.5) is 0 Å². The molecule has 0 aliphatic carbocycles. The van der Waals surface area contributed by atoms with Crippen molar-refractivity contribution in [2.75, 3.05) is 46.0 Å². The molecule has 1 amide bonds. The largest absolute Gasteiger partial charge is 0.379 e. The van der Waals surface area contributed by atoms with E-state index in [0.717, 1.165) is 77.4 Å². The minimum absolute atomic E-state index is 0.0205. The van der Waals surface area contributed by atoms with Crippen LogP contribution in [0.15, 0.2) is 12.4 Å². The summed E-state index contributed by atoms with van der Waals surface area (Å²) in [5.74, 6) is -0.0205. The van der Waals surface area contributed by atoms with Crippen LogP contribution in [-0.2, 0) is 9.47 Å². The first-order chi connectivity index (χ1) is 12.7. The maximum atomic E-state index is 12.7. The van der Waals surface area contributed by atoms with Crippen molar-refractivity contribution < 1.29 is 14.3 Å². The van der Waals surface area contributed by atoms with Gasteiger partial charge in [0.25, 0.3) is 5.91 Å². The van der Waals surface area contributed by atoms with Gasteiger partial charge in [0.2, 0.25) is 0 Å². The van der Waals surface area contributed by atoms with Crippen LogP contribution in [0, 0.1) is 6.92 Å². The van der Waals surface area contributed by atoms with Crippen LogP contribution >= 0.6 is 0 Å². The van der Waals surface area contributed by atoms with E-state index in [1.807, 2.05) is 11.8 Å². The van der Waals surface area contributed by atoms with E-state index >= 15 is 0 Å². The van der Waals surface area contributed by atoms with Gasteiger partial charge in [0, 0.05) is 45.0 Å². The van der Waals surface area contributed by atoms with Crippen molar-refractivity contribution in [3.8, 4) is 0 Å². The van der Waals surface area contributed by atoms with Gasteiger partial charge in [0.05, 0.1) is 30.7 Å². The zero-order chi connectivity index (χ0) is 18.0. The maximum absolute atomic E-state index is 12.7. The summed E-state index contributed by atoms with van der Waals surface area (Å²) in [5, 5.41) is 0. The molecule has 1 unspecified atom stereocenters. The molecule has 0 saturated carbocycles. The molecule has 26 heavy (non-hydrogen) atoms. The number of carbonyl (C=O) groups is 1. The van der Waals surface area contributed by atoms with E-state index in [2.05, 4.69) is 14.9 Å². The van der Waals surface area contributed by atoms with E-state index in [1.165, 1.54) is 0 Å². The van der Waals surface area contributed by atoms with Crippen molar-refractivity contribution in [2.45, 2.75) is 44.2 Å². The molecule has 7 nitrogen and oxygen atoms in total. The van der Waals surface area contributed by atoms with E-state index < -0.39 is 0 Å². The van der Waals surface area contributed by atoms with Gasteiger partial charge >= 0.3 is 0 Å². The zero-order valence-electron chi connectivity index (χ0n) is 15.5. The summed E-state index contributed by atoms with van der Waals surface area (Å²) in [6.07, 6.45) is 7.20. The summed E-state index contributed by atoms with van der Waals surface area (Å²) in [7, 11) is 0. The molecule has 4 rings (SSSR count). The Balaban J connectivity index is 1.36. The van der Waals surface area contributed by atoms with Gasteiger partial charge in [-0.3, -0.25) is 14.7 Å². The molecule has 3 saturated heterocycles. The number of aryl methyl sites for hydroxylation is 1. The first-order valence-corrected chi connectivity index (χ1v) is 9.69. The molecule has 0 N–H and O–H groups in total. The van der Waals surface area contributed by atoms with Crippen LogP contribution in [-0.4, -0.2) is 83.3 Å². The van der Waals surface area contributed by atoms with Gasteiger partial charge in [-0.15, -0.1) is 0 Å². The van der Waals surface area contributed by atoms with Crippen molar-refractivity contribution >= 4 is 5.91 Å². The predicted octanol–water partition coefficient (Wildman–Crippen LogP) is 1.27. The number of hydrogen-bond donors (Lipinski definition) is 0. The predicted molar refractivity (Wildman–Crippen MR) is 96.0 cm³/mol. The molecular weight excluding hydrogens is 332 g/mol. The Morgan fingerprint density at radius 2 is 1.88 bits per heavy atom. The second kappa shape index (κ2) is 7.58. The lowest BCUT2D eigenvalue weighted by Gasteiger charge is -2.49. The second-order valence-electron chi connectivity index (χ2n) is 7.66. The molecule has 1 spiro atoms. The normalized spacial score (nSPS) is 26.8. The van der Waals surface area contributed by atoms with Crippen LogP contribution in [0.5, 0.6) is 0 Å². The van der Waals surface area contributed by atoms with Crippen molar-refractivity contribution in [3.63, 3.8) is 0 Å². The molecular formula is C19H28N4O3. The monoisotopic (exact) mass is 360 g/mol. The average Bonchev–Trinajstić information content (AvgIpc) is 2.69. The Labute approximate surface area is 154 Å². The molecule has 0 bridgehead atoms. The number of piperidine rings is 1. The molecule has 142 valence electrons. The van der Waals surface area contributed by atoms with Crippen molar-refractivity contribution in [2.24, 2.45) is 0 Å². The van der Waals surface area contributed by atoms with E-state index in [-0.39, 0.29) is 11.5 Å². The Kier molecular flexibility index (Phi) is 5.20. The molecule has 3 aliphatic heterocycles. The number of likely N-dealkylation sites (tertiary alicyclic amines) is 1. The van der Waals surface area contributed by atoms with Gasteiger partial charge in [-0.1, -0.05) is 0 Å². The van der Waals surface area contributed by atoms with Gasteiger partial charge in [-0.05, 0) is 32.6 Å². The molecule has 1 aromatic rings. The van der Waals surface area contributed by atoms with Gasteiger partial charge in [-0.25, -0.2) is 4.98 Å². The highest BCUT2D eigenvalue weighted by Crippen LogP contribution is 2.37. The quantitative estimate of drug-likeness (QED) is 0.791. The SMILES string of the molecule is Cc1cnc(C(=O)N2CCC3(CC2)CC(N2CCOCC2)CCO3)cn1. The average molecular weight is 360 g/mol. The number of amides is 1. The van der Waals surface area contributed by atoms with E-state index in [9.17, 15) is 4.79 Å². The molecule has 1 aromatic heterocycles. The van der Waals surface area contributed by atoms with Crippen LogP contribution in [0.3, 0.4) is 0 Å². The number of nitrogens with zero attached hydrogens (tertiary/aromatic N) is 4. The van der Waals surface area contributed by atoms with Gasteiger partial charge < -0.3 is 14.4 Å². The smallest absolute Gasteiger partial charge is 0.274 e. The Hall–Kier alpha value is -1.57. The molecule has 0 aromatic carbocycles. The number of ether oxygens (including phenoxy) is 2. The summed E-state index contributed by atoms with van der Waals surface area (Å²) in [5.41, 5.74) is 1.18. The Morgan fingerprint density at radius 3 is 2.58 bits per heavy atom. The summed E-state index contributed by atoms with van der Waals surface area (Å²) < 4.78 is 11.7. The summed E-state index contributed by atoms with van der Waals surface area (Å²) >= 11 is 0. The van der Waals surface area contributed by atoms with Gasteiger partial charge in [0.1, 0.15) is 5.69 Å². The third-order valence-electron chi connectivity index (χ3n) is 5.99. The summed E-state index contributed by atoms with van der Waals surface area (Å²) in [6.45, 7) is 7.87. The summed E-state index contributed by atoms with van der Waals surface area (Å²) in [6, 6.07) is 0.581. The lowest BCUT2D eigenvalue weighted by Crippen LogP contribution is -2.56. The van der Waals surface area contributed by atoms with Crippen LogP contribution in [0.2, 0.25) is 0 Å². The van der Waals surface area contributed by atoms with E-state index in [0.29, 0.717) is 11.7 Å². The third kappa shape index (κ3) is 3.75. The fourth-order valence-electron chi connectivity index (χ4n) is 4.39. The zero-order valence-corrected chi connectivity index (χ0v) is 15.5. The fraction of sp³-hybridized carbons (Fsp3) is 0.737. The maximum Gasteiger partial charge on any atom is 0.274 e. The number of aromatic nitrogens is 2. The Bertz CT molecular complexity index is 622. The topological polar surface area (TPSA) is 67.8 Å². The molecule has 1 atom stereocenters. The molecule has 7 heteroatoms. The van der Waals surface area contributed by atoms with Crippen LogP contribution < -0.4 is 0 Å². The first-order valence-electron chi connectivity index (χ1n) is 9.69. The van der Waals surface area contributed by atoms with E-state index in [4.69, 9.17) is 9.47 Å². The van der Waals surface area contributed by atoms with Gasteiger partial charge in [-0.2, -0.15) is 0 Å². The highest BCUT2D eigenvalue weighted by molar-refractivity contribution is 5.92. The van der Waals surface area contributed by atoms with Crippen LogP contribution in [0.1, 0.15) is 41.9 Å². The lowest BCUT2D eigenvalue weighted by molar-refractivity contribution is -0.136. The number of hydrogen-bond acceptors (Lipinski definition) is 6. The van der Waals surface area contributed by atoms with Crippen LogP contribution in [0.25, 0.3) is 0 Å². The highest BCUT2D eigenvalue weighted by Gasteiger charge is 2.42. The molecule has 3 aliphatic rings. The Morgan fingerprint density at radius 1 is 1.12 bits per heavy atom. The van der Waals surface area contributed by atoms with E-state index in [1.54, 1.807) is 12.4 Å². The molecule has 3 fully saturated rings. The fourth-order valence-corrected chi connectivity index (χ4v) is 4.39. The number of carbonyl (C=O) groups excluding carboxylic acids is 1. The van der Waals surface area contributed by atoms with Gasteiger partial charge in [0.15, 0.2) is 0 Å². The summed E-state index contributed by atoms with van der Waals surface area (Å²) in [4.78, 5) is 25.5.